The van der Waals surface area contributed by atoms with Gasteiger partial charge in [0, 0.05) is 12.6 Å². The van der Waals surface area contributed by atoms with Crippen molar-refractivity contribution in [3.8, 4) is 0 Å². The molecule has 0 fully saturated rings. The first-order valence-corrected chi connectivity index (χ1v) is 5.71. The SMILES string of the molecule is CC(C)(C)CC(N)CNc1ncc(Cl)cn1. The lowest BCUT2D eigenvalue weighted by Crippen LogP contribution is -2.33. The van der Waals surface area contributed by atoms with Crippen LogP contribution in [0.3, 0.4) is 0 Å². The van der Waals surface area contributed by atoms with Crippen LogP contribution < -0.4 is 11.1 Å². The summed E-state index contributed by atoms with van der Waals surface area (Å²) in [4.78, 5) is 8.07. The molecule has 3 N–H and O–H groups in total. The molecule has 0 aliphatic rings. The van der Waals surface area contributed by atoms with Gasteiger partial charge in [0.15, 0.2) is 0 Å². The lowest BCUT2D eigenvalue weighted by molar-refractivity contribution is 0.344. The first kappa shape index (κ1) is 13.2. The standard InChI is InChI=1S/C11H19ClN4/c1-11(2,3)4-9(13)7-16-10-14-5-8(12)6-15-10/h5-6,9H,4,7,13H2,1-3H3,(H,14,15,16). The van der Waals surface area contributed by atoms with Gasteiger partial charge < -0.3 is 11.1 Å². The van der Waals surface area contributed by atoms with E-state index in [1.165, 1.54) is 0 Å². The fourth-order valence-corrected chi connectivity index (χ4v) is 1.58. The zero-order chi connectivity index (χ0) is 12.2. The minimum atomic E-state index is 0.0966. The van der Waals surface area contributed by atoms with Crippen molar-refractivity contribution in [3.63, 3.8) is 0 Å². The second-order valence-corrected chi connectivity index (χ2v) is 5.57. The molecule has 0 radical (unpaired) electrons. The number of hydrogen-bond acceptors (Lipinski definition) is 4. The molecule has 0 aromatic carbocycles. The number of nitrogens with one attached hydrogen (secondary N) is 1. The van der Waals surface area contributed by atoms with Gasteiger partial charge >= 0.3 is 0 Å². The van der Waals surface area contributed by atoms with Gasteiger partial charge in [0.1, 0.15) is 0 Å². The number of hydrogen-bond donors (Lipinski definition) is 2. The molecule has 1 atom stereocenters. The van der Waals surface area contributed by atoms with Crippen molar-refractivity contribution in [2.45, 2.75) is 33.2 Å². The molecule has 5 heteroatoms. The highest BCUT2D eigenvalue weighted by Gasteiger charge is 2.15. The largest absolute Gasteiger partial charge is 0.353 e. The fraction of sp³-hybridized carbons (Fsp3) is 0.636. The van der Waals surface area contributed by atoms with Crippen LogP contribution in [0.15, 0.2) is 12.4 Å². The van der Waals surface area contributed by atoms with E-state index in [4.69, 9.17) is 17.3 Å². The summed E-state index contributed by atoms with van der Waals surface area (Å²) in [5.41, 5.74) is 6.23. The van der Waals surface area contributed by atoms with Crippen molar-refractivity contribution in [1.29, 1.82) is 0 Å². The molecule has 4 nitrogen and oxygen atoms in total. The summed E-state index contributed by atoms with van der Waals surface area (Å²) in [5.74, 6) is 0.564. The predicted molar refractivity (Wildman–Crippen MR) is 67.6 cm³/mol. The van der Waals surface area contributed by atoms with Crippen LogP contribution in [-0.4, -0.2) is 22.6 Å². The van der Waals surface area contributed by atoms with E-state index in [9.17, 15) is 0 Å². The van der Waals surface area contributed by atoms with Gasteiger partial charge in [-0.25, -0.2) is 9.97 Å². The van der Waals surface area contributed by atoms with E-state index in [-0.39, 0.29) is 11.5 Å². The van der Waals surface area contributed by atoms with Gasteiger partial charge in [-0.2, -0.15) is 0 Å². The third-order valence-electron chi connectivity index (χ3n) is 2.02. The highest BCUT2D eigenvalue weighted by molar-refractivity contribution is 6.30. The van der Waals surface area contributed by atoms with E-state index in [0.29, 0.717) is 17.5 Å². The van der Waals surface area contributed by atoms with Gasteiger partial charge in [-0.3, -0.25) is 0 Å². The Bertz CT molecular complexity index is 318. The maximum absolute atomic E-state index is 5.99. The number of aromatic nitrogens is 2. The Morgan fingerprint density at radius 2 is 1.94 bits per heavy atom. The second-order valence-electron chi connectivity index (χ2n) is 5.13. The van der Waals surface area contributed by atoms with E-state index in [2.05, 4.69) is 36.1 Å². The van der Waals surface area contributed by atoms with Crippen molar-refractivity contribution in [2.75, 3.05) is 11.9 Å². The second kappa shape index (κ2) is 5.46. The predicted octanol–water partition coefficient (Wildman–Crippen LogP) is 2.31. The van der Waals surface area contributed by atoms with Crippen molar-refractivity contribution in [1.82, 2.24) is 9.97 Å². The number of rotatable bonds is 4. The minimum absolute atomic E-state index is 0.0966. The van der Waals surface area contributed by atoms with Crippen molar-refractivity contribution < 1.29 is 0 Å². The number of nitrogens with zero attached hydrogens (tertiary/aromatic N) is 2. The van der Waals surface area contributed by atoms with Crippen LogP contribution >= 0.6 is 11.6 Å². The lowest BCUT2D eigenvalue weighted by Gasteiger charge is -2.23. The van der Waals surface area contributed by atoms with Gasteiger partial charge in [0.05, 0.1) is 17.4 Å². The molecule has 0 amide bonds. The van der Waals surface area contributed by atoms with Crippen LogP contribution in [-0.2, 0) is 0 Å². The van der Waals surface area contributed by atoms with Gasteiger partial charge in [-0.1, -0.05) is 32.4 Å². The molecule has 1 aromatic heterocycles. The summed E-state index contributed by atoms with van der Waals surface area (Å²) in [6.45, 7) is 7.18. The van der Waals surface area contributed by atoms with Crippen LogP contribution in [0.25, 0.3) is 0 Å². The summed E-state index contributed by atoms with van der Waals surface area (Å²) in [7, 11) is 0. The average molecular weight is 243 g/mol. The van der Waals surface area contributed by atoms with Crippen LogP contribution in [0.1, 0.15) is 27.2 Å². The van der Waals surface area contributed by atoms with Crippen molar-refractivity contribution in [2.24, 2.45) is 11.1 Å². The average Bonchev–Trinajstić information content (AvgIpc) is 2.14. The Kier molecular flexibility index (Phi) is 4.50. The Morgan fingerprint density at radius 1 is 1.38 bits per heavy atom. The van der Waals surface area contributed by atoms with Gasteiger partial charge in [-0.15, -0.1) is 0 Å². The highest BCUT2D eigenvalue weighted by Crippen LogP contribution is 2.19. The molecule has 0 aliphatic heterocycles. The molecule has 0 saturated heterocycles. The van der Waals surface area contributed by atoms with Crippen LogP contribution in [0.4, 0.5) is 5.95 Å². The van der Waals surface area contributed by atoms with Crippen LogP contribution in [0.2, 0.25) is 5.02 Å². The Hall–Kier alpha value is -0.870. The van der Waals surface area contributed by atoms with Crippen LogP contribution in [0, 0.1) is 5.41 Å². The summed E-state index contributed by atoms with van der Waals surface area (Å²) < 4.78 is 0. The smallest absolute Gasteiger partial charge is 0.222 e. The third-order valence-corrected chi connectivity index (χ3v) is 2.21. The summed E-state index contributed by atoms with van der Waals surface area (Å²) in [6.07, 6.45) is 4.08. The molecule has 1 rings (SSSR count). The van der Waals surface area contributed by atoms with E-state index in [1.807, 2.05) is 0 Å². The molecule has 1 aromatic rings. The molecular weight excluding hydrogens is 224 g/mol. The Morgan fingerprint density at radius 3 is 2.44 bits per heavy atom. The quantitative estimate of drug-likeness (QED) is 0.851. The normalized spacial score (nSPS) is 13.6. The van der Waals surface area contributed by atoms with Crippen molar-refractivity contribution >= 4 is 17.5 Å². The van der Waals surface area contributed by atoms with Gasteiger partial charge in [-0.05, 0) is 11.8 Å². The Balaban J connectivity index is 2.37. The first-order chi connectivity index (χ1) is 7.37. The van der Waals surface area contributed by atoms with E-state index in [1.54, 1.807) is 12.4 Å². The fourth-order valence-electron chi connectivity index (χ4n) is 1.48. The molecule has 1 heterocycles. The number of nitrogens with two attached hydrogens (primary N) is 1. The maximum Gasteiger partial charge on any atom is 0.222 e. The molecular formula is C11H19ClN4. The van der Waals surface area contributed by atoms with Gasteiger partial charge in [0.2, 0.25) is 5.95 Å². The molecule has 16 heavy (non-hydrogen) atoms. The van der Waals surface area contributed by atoms with E-state index < -0.39 is 0 Å². The number of halogens is 1. The molecule has 0 spiro atoms. The number of anilines is 1. The minimum Gasteiger partial charge on any atom is -0.353 e. The topological polar surface area (TPSA) is 63.8 Å². The van der Waals surface area contributed by atoms with Crippen molar-refractivity contribution in [3.05, 3.63) is 17.4 Å². The lowest BCUT2D eigenvalue weighted by atomic mass is 9.88. The van der Waals surface area contributed by atoms with E-state index in [0.717, 1.165) is 6.42 Å². The highest BCUT2D eigenvalue weighted by atomic mass is 35.5. The first-order valence-electron chi connectivity index (χ1n) is 5.34. The summed E-state index contributed by atoms with van der Waals surface area (Å²) >= 11 is 5.68. The molecule has 0 saturated carbocycles. The summed E-state index contributed by atoms with van der Waals surface area (Å²) in [5, 5.41) is 3.62. The third kappa shape index (κ3) is 5.28. The molecule has 0 aliphatic carbocycles. The Labute approximate surface area is 102 Å². The maximum atomic E-state index is 5.99. The molecule has 0 bridgehead atoms. The van der Waals surface area contributed by atoms with E-state index >= 15 is 0 Å². The summed E-state index contributed by atoms with van der Waals surface area (Å²) in [6, 6.07) is 0.0966. The molecule has 90 valence electrons. The molecule has 1 unspecified atom stereocenters. The monoisotopic (exact) mass is 242 g/mol. The van der Waals surface area contributed by atoms with Gasteiger partial charge in [0.25, 0.3) is 0 Å². The van der Waals surface area contributed by atoms with Crippen LogP contribution in [0.5, 0.6) is 0 Å². The zero-order valence-electron chi connectivity index (χ0n) is 10.00. The zero-order valence-corrected chi connectivity index (χ0v) is 10.8.